The van der Waals surface area contributed by atoms with E-state index in [-0.39, 0.29) is 12.3 Å². The minimum Gasteiger partial charge on any atom is -0.298 e. The zero-order valence-electron chi connectivity index (χ0n) is 13.2. The molecule has 0 aliphatic rings. The molecule has 2 aromatic carbocycles. The van der Waals surface area contributed by atoms with Crippen LogP contribution in [-0.4, -0.2) is 23.2 Å². The van der Waals surface area contributed by atoms with Gasteiger partial charge in [-0.1, -0.05) is 54.1 Å². The third-order valence-electron chi connectivity index (χ3n) is 3.68. The molecule has 1 aromatic heterocycles. The van der Waals surface area contributed by atoms with Gasteiger partial charge in [-0.25, -0.2) is 0 Å². The van der Waals surface area contributed by atoms with Crippen LogP contribution in [0.4, 0.5) is 5.82 Å². The summed E-state index contributed by atoms with van der Waals surface area (Å²) >= 11 is 5.95. The minimum absolute atomic E-state index is 0.0703. The second-order valence-corrected chi connectivity index (χ2v) is 5.84. The average Bonchev–Trinajstić information content (AvgIpc) is 2.62. The Balaban J connectivity index is 1.72. The van der Waals surface area contributed by atoms with Crippen molar-refractivity contribution < 1.29 is 4.79 Å². The number of carbonyl (C=O) groups is 1. The van der Waals surface area contributed by atoms with Gasteiger partial charge in [-0.2, -0.15) is 0 Å². The van der Waals surface area contributed by atoms with E-state index in [2.05, 4.69) is 10.2 Å². The molecule has 0 aliphatic heterocycles. The lowest BCUT2D eigenvalue weighted by atomic mass is 10.1. The van der Waals surface area contributed by atoms with Crippen LogP contribution in [0.15, 0.2) is 66.7 Å². The van der Waals surface area contributed by atoms with Crippen LogP contribution in [0, 0.1) is 0 Å². The van der Waals surface area contributed by atoms with Gasteiger partial charge in [0, 0.05) is 17.6 Å². The molecule has 0 unspecified atom stereocenters. The van der Waals surface area contributed by atoms with Gasteiger partial charge in [-0.05, 0) is 29.8 Å². The van der Waals surface area contributed by atoms with Crippen LogP contribution < -0.4 is 4.90 Å². The van der Waals surface area contributed by atoms with E-state index in [0.717, 1.165) is 16.8 Å². The molecule has 3 aromatic rings. The molecule has 5 heteroatoms. The normalized spacial score (nSPS) is 10.4. The van der Waals surface area contributed by atoms with Crippen molar-refractivity contribution in [3.05, 3.63) is 77.3 Å². The van der Waals surface area contributed by atoms with Crippen molar-refractivity contribution in [2.24, 2.45) is 0 Å². The highest BCUT2D eigenvalue weighted by Crippen LogP contribution is 2.18. The molecule has 24 heavy (non-hydrogen) atoms. The number of hydrogen-bond acceptors (Lipinski definition) is 3. The molecule has 0 aliphatic carbocycles. The van der Waals surface area contributed by atoms with Crippen molar-refractivity contribution in [3.63, 3.8) is 0 Å². The highest BCUT2D eigenvalue weighted by molar-refractivity contribution is 6.30. The third kappa shape index (κ3) is 3.78. The first-order valence-electron chi connectivity index (χ1n) is 7.53. The number of nitrogens with zero attached hydrogens (tertiary/aromatic N) is 3. The summed E-state index contributed by atoms with van der Waals surface area (Å²) in [5.74, 6) is 0.445. The predicted molar refractivity (Wildman–Crippen MR) is 96.0 cm³/mol. The largest absolute Gasteiger partial charge is 0.298 e. The van der Waals surface area contributed by atoms with Gasteiger partial charge in [0.2, 0.25) is 5.91 Å². The number of halogens is 1. The van der Waals surface area contributed by atoms with E-state index < -0.39 is 0 Å². The van der Waals surface area contributed by atoms with E-state index in [0.29, 0.717) is 10.8 Å². The van der Waals surface area contributed by atoms with E-state index in [4.69, 9.17) is 11.6 Å². The van der Waals surface area contributed by atoms with Crippen molar-refractivity contribution in [1.82, 2.24) is 10.2 Å². The summed E-state index contributed by atoms with van der Waals surface area (Å²) in [6.45, 7) is 0. The van der Waals surface area contributed by atoms with E-state index in [1.54, 1.807) is 25.2 Å². The summed E-state index contributed by atoms with van der Waals surface area (Å²) in [5, 5.41) is 8.99. The molecule has 1 heterocycles. The second-order valence-electron chi connectivity index (χ2n) is 5.40. The molecule has 120 valence electrons. The first-order valence-corrected chi connectivity index (χ1v) is 7.91. The van der Waals surface area contributed by atoms with Crippen LogP contribution in [0.5, 0.6) is 0 Å². The molecule has 0 N–H and O–H groups in total. The number of carbonyl (C=O) groups excluding carboxylic acids is 1. The molecular formula is C19H16ClN3O. The Morgan fingerprint density at radius 2 is 1.79 bits per heavy atom. The molecule has 1 amide bonds. The Labute approximate surface area is 145 Å². The van der Waals surface area contributed by atoms with Crippen LogP contribution in [0.1, 0.15) is 5.56 Å². The quantitative estimate of drug-likeness (QED) is 0.722. The van der Waals surface area contributed by atoms with E-state index in [1.807, 2.05) is 48.5 Å². The summed E-state index contributed by atoms with van der Waals surface area (Å²) in [6.07, 6.45) is 0.263. The Kier molecular flexibility index (Phi) is 4.87. The summed E-state index contributed by atoms with van der Waals surface area (Å²) < 4.78 is 0. The molecule has 0 fully saturated rings. The van der Waals surface area contributed by atoms with Crippen molar-refractivity contribution in [2.45, 2.75) is 6.42 Å². The summed E-state index contributed by atoms with van der Waals surface area (Å²) in [7, 11) is 1.69. The topological polar surface area (TPSA) is 46.1 Å². The van der Waals surface area contributed by atoms with Crippen LogP contribution >= 0.6 is 11.6 Å². The molecule has 0 saturated heterocycles. The fourth-order valence-electron chi connectivity index (χ4n) is 2.33. The Morgan fingerprint density at radius 3 is 2.46 bits per heavy atom. The molecule has 4 nitrogen and oxygen atoms in total. The average molecular weight is 338 g/mol. The van der Waals surface area contributed by atoms with Crippen molar-refractivity contribution in [3.8, 4) is 11.3 Å². The Hall–Kier alpha value is -2.72. The van der Waals surface area contributed by atoms with Crippen LogP contribution in [0.2, 0.25) is 5.02 Å². The van der Waals surface area contributed by atoms with Crippen LogP contribution in [-0.2, 0) is 11.2 Å². The number of hydrogen-bond donors (Lipinski definition) is 0. The van der Waals surface area contributed by atoms with Gasteiger partial charge < -0.3 is 0 Å². The van der Waals surface area contributed by atoms with E-state index in [9.17, 15) is 4.79 Å². The van der Waals surface area contributed by atoms with Crippen molar-refractivity contribution in [2.75, 3.05) is 11.9 Å². The highest BCUT2D eigenvalue weighted by Gasteiger charge is 2.14. The third-order valence-corrected chi connectivity index (χ3v) is 3.92. The standard InChI is InChI=1S/C19H16ClN3O/c1-23(19(24)13-14-6-5-9-16(20)12-14)18-11-10-17(21-22-18)15-7-3-2-4-8-15/h2-12H,13H2,1H3. The summed E-state index contributed by atoms with van der Waals surface area (Å²) in [5.41, 5.74) is 2.63. The van der Waals surface area contributed by atoms with Gasteiger partial charge >= 0.3 is 0 Å². The smallest absolute Gasteiger partial charge is 0.232 e. The lowest BCUT2D eigenvalue weighted by Crippen LogP contribution is -2.28. The maximum absolute atomic E-state index is 12.4. The zero-order valence-corrected chi connectivity index (χ0v) is 13.9. The highest BCUT2D eigenvalue weighted by atomic mass is 35.5. The maximum atomic E-state index is 12.4. The lowest BCUT2D eigenvalue weighted by molar-refractivity contribution is -0.117. The molecular weight excluding hydrogens is 322 g/mol. The number of amides is 1. The Bertz CT molecular complexity index is 835. The number of likely N-dealkylation sites (N-methyl/N-ethyl adjacent to an activating group) is 1. The van der Waals surface area contributed by atoms with Crippen LogP contribution in [0.25, 0.3) is 11.3 Å². The first kappa shape index (κ1) is 16.1. The molecule has 0 radical (unpaired) electrons. The fourth-order valence-corrected chi connectivity index (χ4v) is 2.55. The predicted octanol–water partition coefficient (Wildman–Crippen LogP) is 4.00. The molecule has 0 spiro atoms. The minimum atomic E-state index is -0.0703. The monoisotopic (exact) mass is 337 g/mol. The number of anilines is 1. The molecule has 0 atom stereocenters. The van der Waals surface area contributed by atoms with Gasteiger partial charge in [0.25, 0.3) is 0 Å². The number of aromatic nitrogens is 2. The fraction of sp³-hybridized carbons (Fsp3) is 0.105. The van der Waals surface area contributed by atoms with Crippen molar-refractivity contribution >= 4 is 23.3 Å². The van der Waals surface area contributed by atoms with Gasteiger partial charge in [-0.3, -0.25) is 9.69 Å². The number of benzene rings is 2. The maximum Gasteiger partial charge on any atom is 0.232 e. The SMILES string of the molecule is CN(C(=O)Cc1cccc(Cl)c1)c1ccc(-c2ccccc2)nn1. The van der Waals surface area contributed by atoms with Gasteiger partial charge in [0.05, 0.1) is 12.1 Å². The lowest BCUT2D eigenvalue weighted by Gasteiger charge is -2.16. The van der Waals surface area contributed by atoms with Crippen LogP contribution in [0.3, 0.4) is 0 Å². The van der Waals surface area contributed by atoms with Gasteiger partial charge in [0.15, 0.2) is 5.82 Å². The second kappa shape index (κ2) is 7.23. The van der Waals surface area contributed by atoms with E-state index in [1.165, 1.54) is 4.90 Å². The molecule has 0 bridgehead atoms. The molecule has 3 rings (SSSR count). The Morgan fingerprint density at radius 1 is 1.00 bits per heavy atom. The number of rotatable bonds is 4. The van der Waals surface area contributed by atoms with Gasteiger partial charge in [0.1, 0.15) is 0 Å². The molecule has 0 saturated carbocycles. The summed E-state index contributed by atoms with van der Waals surface area (Å²) in [4.78, 5) is 13.9. The van der Waals surface area contributed by atoms with E-state index >= 15 is 0 Å². The first-order chi connectivity index (χ1) is 11.6. The van der Waals surface area contributed by atoms with Crippen molar-refractivity contribution in [1.29, 1.82) is 0 Å². The zero-order chi connectivity index (χ0) is 16.9. The summed E-state index contributed by atoms with van der Waals surface area (Å²) in [6, 6.07) is 20.7. The van der Waals surface area contributed by atoms with Gasteiger partial charge in [-0.15, -0.1) is 10.2 Å².